The fraction of sp³-hybridized carbons (Fsp3) is 0.0870. The van der Waals surface area contributed by atoms with Crippen LogP contribution in [0.1, 0.15) is 6.42 Å². The molecule has 2 amide bonds. The van der Waals surface area contributed by atoms with E-state index >= 15 is 0 Å². The first-order valence-electron chi connectivity index (χ1n) is 9.66. The summed E-state index contributed by atoms with van der Waals surface area (Å²) in [6.45, 7) is 0. The Balaban J connectivity index is 1.26. The van der Waals surface area contributed by atoms with Gasteiger partial charge in [0.15, 0.2) is 0 Å². The molecule has 0 radical (unpaired) electrons. The van der Waals surface area contributed by atoms with Crippen LogP contribution in [0.5, 0.6) is 0 Å². The normalized spacial score (nSPS) is 15.4. The third-order valence-corrected chi connectivity index (χ3v) is 6.53. The highest BCUT2D eigenvalue weighted by Gasteiger charge is 2.29. The number of hydrogen-bond acceptors (Lipinski definition) is 4. The van der Waals surface area contributed by atoms with Crippen molar-refractivity contribution in [2.75, 3.05) is 10.6 Å². The molecule has 1 aliphatic heterocycles. The van der Waals surface area contributed by atoms with Crippen LogP contribution < -0.4 is 10.6 Å². The maximum absolute atomic E-state index is 12.5. The average Bonchev–Trinajstić information content (AvgIpc) is 3.19. The summed E-state index contributed by atoms with van der Waals surface area (Å²) in [6, 6.07) is 20.8. The molecule has 0 spiro atoms. The number of carbonyl (C=O) groups excluding carboxylic acids is 2. The maximum atomic E-state index is 12.5. The lowest BCUT2D eigenvalue weighted by molar-refractivity contribution is -0.120. The molecule has 2 heterocycles. The van der Waals surface area contributed by atoms with E-state index in [4.69, 9.17) is 11.6 Å². The second kappa shape index (κ2) is 8.09. The molecule has 1 unspecified atom stereocenters. The Morgan fingerprint density at radius 2 is 1.94 bits per heavy atom. The number of halogens is 1. The van der Waals surface area contributed by atoms with Crippen LogP contribution in [0.4, 0.5) is 11.4 Å². The van der Waals surface area contributed by atoms with Crippen LogP contribution in [-0.2, 0) is 9.59 Å². The molecule has 0 saturated heterocycles. The molecule has 1 atom stereocenters. The first-order valence-corrected chi connectivity index (χ1v) is 10.9. The zero-order valence-electron chi connectivity index (χ0n) is 16.2. The third-order valence-electron chi connectivity index (χ3n) is 5.01. The SMILES string of the molecule is O=C(CC1Sc2ccc(Cl)cc2NC1=O)Nc1ccc(-n2cnc3ccccc32)cc1. The predicted molar refractivity (Wildman–Crippen MR) is 124 cm³/mol. The summed E-state index contributed by atoms with van der Waals surface area (Å²) in [5.41, 5.74) is 4.24. The number of nitrogens with zero attached hydrogens (tertiary/aromatic N) is 2. The summed E-state index contributed by atoms with van der Waals surface area (Å²) in [5.74, 6) is -0.414. The van der Waals surface area contributed by atoms with Crippen molar-refractivity contribution in [1.82, 2.24) is 9.55 Å². The Hall–Kier alpha value is -3.29. The Morgan fingerprint density at radius 1 is 1.13 bits per heavy atom. The lowest BCUT2D eigenvalue weighted by Crippen LogP contribution is -2.32. The summed E-state index contributed by atoms with van der Waals surface area (Å²) in [6.07, 6.45) is 1.86. The van der Waals surface area contributed by atoms with E-state index < -0.39 is 5.25 Å². The number of benzene rings is 3. The number of imidazole rings is 1. The van der Waals surface area contributed by atoms with Gasteiger partial charge in [-0.05, 0) is 54.6 Å². The van der Waals surface area contributed by atoms with E-state index in [1.165, 1.54) is 11.8 Å². The van der Waals surface area contributed by atoms with Crippen LogP contribution in [0, 0.1) is 0 Å². The van der Waals surface area contributed by atoms with Crippen molar-refractivity contribution in [3.8, 4) is 5.69 Å². The number of fused-ring (bicyclic) bond motifs is 2. The van der Waals surface area contributed by atoms with Gasteiger partial charge >= 0.3 is 0 Å². The number of para-hydroxylation sites is 2. The fourth-order valence-corrected chi connectivity index (χ4v) is 4.77. The molecule has 1 aliphatic rings. The van der Waals surface area contributed by atoms with E-state index in [9.17, 15) is 9.59 Å². The van der Waals surface area contributed by atoms with Gasteiger partial charge in [-0.1, -0.05) is 23.7 Å². The Morgan fingerprint density at radius 3 is 2.77 bits per heavy atom. The lowest BCUT2D eigenvalue weighted by atomic mass is 10.2. The molecule has 0 fully saturated rings. The highest BCUT2D eigenvalue weighted by molar-refractivity contribution is 8.01. The molecule has 0 aliphatic carbocycles. The number of anilines is 2. The van der Waals surface area contributed by atoms with Crippen molar-refractivity contribution in [2.24, 2.45) is 0 Å². The standard InChI is InChI=1S/C23H17ClN4O2S/c24-14-5-10-20-18(11-14)27-23(30)21(31-20)12-22(29)26-15-6-8-16(9-7-15)28-13-25-17-3-1-2-4-19(17)28/h1-11,13,21H,12H2,(H,26,29)(H,27,30). The fourth-order valence-electron chi connectivity index (χ4n) is 3.51. The minimum Gasteiger partial charge on any atom is -0.326 e. The molecule has 31 heavy (non-hydrogen) atoms. The van der Waals surface area contributed by atoms with Gasteiger partial charge in [-0.2, -0.15) is 0 Å². The van der Waals surface area contributed by atoms with Gasteiger partial charge in [-0.25, -0.2) is 4.98 Å². The average molecular weight is 449 g/mol. The zero-order chi connectivity index (χ0) is 21.4. The summed E-state index contributed by atoms with van der Waals surface area (Å²) in [5, 5.41) is 5.76. The lowest BCUT2D eigenvalue weighted by Gasteiger charge is -2.23. The number of amides is 2. The van der Waals surface area contributed by atoms with Crippen LogP contribution in [0.25, 0.3) is 16.7 Å². The Bertz CT molecular complexity index is 1300. The number of carbonyl (C=O) groups is 2. The molecular formula is C23H17ClN4O2S. The molecule has 8 heteroatoms. The van der Waals surface area contributed by atoms with E-state index in [0.717, 1.165) is 21.6 Å². The van der Waals surface area contributed by atoms with Gasteiger partial charge in [-0.3, -0.25) is 14.2 Å². The number of nitrogens with one attached hydrogen (secondary N) is 2. The van der Waals surface area contributed by atoms with Crippen LogP contribution >= 0.6 is 23.4 Å². The van der Waals surface area contributed by atoms with Gasteiger partial charge in [0.2, 0.25) is 11.8 Å². The number of hydrogen-bond donors (Lipinski definition) is 2. The molecule has 0 bridgehead atoms. The van der Waals surface area contributed by atoms with E-state index in [-0.39, 0.29) is 18.2 Å². The number of aromatic nitrogens is 2. The first-order chi connectivity index (χ1) is 15.1. The smallest absolute Gasteiger partial charge is 0.238 e. The van der Waals surface area contributed by atoms with Crippen LogP contribution in [-0.4, -0.2) is 26.6 Å². The molecule has 0 saturated carbocycles. The van der Waals surface area contributed by atoms with Crippen molar-refractivity contribution in [3.63, 3.8) is 0 Å². The summed E-state index contributed by atoms with van der Waals surface area (Å²) < 4.78 is 1.99. The summed E-state index contributed by atoms with van der Waals surface area (Å²) >= 11 is 7.35. The third kappa shape index (κ3) is 4.02. The van der Waals surface area contributed by atoms with Gasteiger partial charge in [0.25, 0.3) is 0 Å². The molecular weight excluding hydrogens is 432 g/mol. The molecule has 3 aromatic carbocycles. The molecule has 1 aromatic heterocycles. The van der Waals surface area contributed by atoms with E-state index in [1.54, 1.807) is 18.5 Å². The van der Waals surface area contributed by atoms with Crippen LogP contribution in [0.2, 0.25) is 5.02 Å². The highest BCUT2D eigenvalue weighted by atomic mass is 35.5. The second-order valence-electron chi connectivity index (χ2n) is 7.14. The van der Waals surface area contributed by atoms with E-state index in [0.29, 0.717) is 16.4 Å². The van der Waals surface area contributed by atoms with Crippen molar-refractivity contribution in [1.29, 1.82) is 0 Å². The first kappa shape index (κ1) is 19.7. The highest BCUT2D eigenvalue weighted by Crippen LogP contribution is 2.38. The summed E-state index contributed by atoms with van der Waals surface area (Å²) in [4.78, 5) is 30.2. The van der Waals surface area contributed by atoms with Gasteiger partial charge in [0, 0.05) is 27.7 Å². The Kier molecular flexibility index (Phi) is 5.13. The quantitative estimate of drug-likeness (QED) is 0.454. The van der Waals surface area contributed by atoms with Gasteiger partial charge in [-0.15, -0.1) is 11.8 Å². The summed E-state index contributed by atoms with van der Waals surface area (Å²) in [7, 11) is 0. The Labute approximate surface area is 187 Å². The van der Waals surface area contributed by atoms with Crippen LogP contribution in [0.15, 0.2) is 78.0 Å². The van der Waals surface area contributed by atoms with Crippen molar-refractivity contribution in [2.45, 2.75) is 16.6 Å². The van der Waals surface area contributed by atoms with Crippen molar-refractivity contribution < 1.29 is 9.59 Å². The van der Waals surface area contributed by atoms with Crippen molar-refractivity contribution >= 4 is 57.6 Å². The second-order valence-corrected chi connectivity index (χ2v) is 8.82. The minimum atomic E-state index is -0.495. The molecule has 154 valence electrons. The van der Waals surface area contributed by atoms with Gasteiger partial charge < -0.3 is 10.6 Å². The topological polar surface area (TPSA) is 76.0 Å². The molecule has 2 N–H and O–H groups in total. The van der Waals surface area contributed by atoms with Gasteiger partial charge in [0.05, 0.1) is 22.0 Å². The number of thioether (sulfide) groups is 1. The largest absolute Gasteiger partial charge is 0.326 e. The molecule has 4 aromatic rings. The van der Waals surface area contributed by atoms with Gasteiger partial charge in [0.1, 0.15) is 6.33 Å². The van der Waals surface area contributed by atoms with E-state index in [1.807, 2.05) is 59.2 Å². The van der Waals surface area contributed by atoms with Crippen LogP contribution in [0.3, 0.4) is 0 Å². The molecule has 5 rings (SSSR count). The minimum absolute atomic E-state index is 0.0759. The van der Waals surface area contributed by atoms with Crippen molar-refractivity contribution in [3.05, 3.63) is 78.1 Å². The predicted octanol–water partition coefficient (Wildman–Crippen LogP) is 5.12. The monoisotopic (exact) mass is 448 g/mol. The van der Waals surface area contributed by atoms with E-state index in [2.05, 4.69) is 15.6 Å². The maximum Gasteiger partial charge on any atom is 0.238 e. The number of rotatable bonds is 4. The molecule has 6 nitrogen and oxygen atoms in total. The zero-order valence-corrected chi connectivity index (χ0v) is 17.8.